The Hall–Kier alpha value is -3.21. The van der Waals surface area contributed by atoms with E-state index in [2.05, 4.69) is 10.4 Å². The first kappa shape index (κ1) is 21.5. The molecule has 3 rings (SSSR count). The van der Waals surface area contributed by atoms with Crippen LogP contribution in [0.2, 0.25) is 5.02 Å². The van der Waals surface area contributed by atoms with Crippen molar-refractivity contribution in [2.75, 3.05) is 5.32 Å². The third-order valence-electron chi connectivity index (χ3n) is 3.84. The lowest BCUT2D eigenvalue weighted by atomic mass is 10.2. The number of amides is 1. The number of anilines is 1. The minimum Gasteiger partial charge on any atom is -0.507 e. The number of aromatic hydroxyl groups is 1. The van der Waals surface area contributed by atoms with Crippen molar-refractivity contribution >= 4 is 23.2 Å². The highest BCUT2D eigenvalue weighted by molar-refractivity contribution is 6.31. The third-order valence-corrected chi connectivity index (χ3v) is 4.08. The van der Waals surface area contributed by atoms with Gasteiger partial charge in [0.05, 0.1) is 11.3 Å². The number of hydrogen-bond acceptors (Lipinski definition) is 3. The molecule has 0 aliphatic heterocycles. The summed E-state index contributed by atoms with van der Waals surface area (Å²) in [5, 5.41) is 15.3. The van der Waals surface area contributed by atoms with Gasteiger partial charge in [-0.1, -0.05) is 17.7 Å². The summed E-state index contributed by atoms with van der Waals surface area (Å²) in [5.74, 6) is -1.23. The van der Waals surface area contributed by atoms with Crippen molar-refractivity contribution in [1.82, 2.24) is 9.78 Å². The van der Waals surface area contributed by atoms with Crippen molar-refractivity contribution in [3.05, 3.63) is 70.5 Å². The Morgan fingerprint density at radius 2 is 1.70 bits per heavy atom. The van der Waals surface area contributed by atoms with Crippen molar-refractivity contribution in [2.24, 2.45) is 0 Å². The lowest BCUT2D eigenvalue weighted by Gasteiger charge is -2.12. The lowest BCUT2D eigenvalue weighted by Crippen LogP contribution is -2.15. The van der Waals surface area contributed by atoms with Crippen molar-refractivity contribution in [1.29, 1.82) is 0 Å². The van der Waals surface area contributed by atoms with E-state index in [1.54, 1.807) is 0 Å². The summed E-state index contributed by atoms with van der Waals surface area (Å²) in [6.07, 6.45) is -10.2. The first-order chi connectivity index (χ1) is 13.9. The summed E-state index contributed by atoms with van der Waals surface area (Å²) in [6.45, 7) is 0. The standard InChI is InChI=1S/C18H10ClF6N3O2/c19-9-4-5-13(29)12(6-9)16(30)26-10-2-1-3-11(7-10)28-15(18(23,24)25)8-14(27-28)17(20,21)22/h1-8,29H,(H,26,30). The molecule has 0 unspecified atom stereocenters. The number of phenolic OH excluding ortho intramolecular Hbond substituents is 1. The van der Waals surface area contributed by atoms with E-state index < -0.39 is 35.4 Å². The molecule has 5 nitrogen and oxygen atoms in total. The monoisotopic (exact) mass is 449 g/mol. The number of nitrogens with one attached hydrogen (secondary N) is 1. The number of hydrogen-bond donors (Lipinski definition) is 2. The predicted molar refractivity (Wildman–Crippen MR) is 94.6 cm³/mol. The third kappa shape index (κ3) is 4.51. The fourth-order valence-electron chi connectivity index (χ4n) is 2.52. The van der Waals surface area contributed by atoms with Crippen LogP contribution in [0.3, 0.4) is 0 Å². The van der Waals surface area contributed by atoms with Crippen LogP contribution in [0, 0.1) is 0 Å². The molecule has 1 heterocycles. The quantitative estimate of drug-likeness (QED) is 0.517. The molecule has 0 aliphatic carbocycles. The Kier molecular flexibility index (Phi) is 5.42. The zero-order valence-electron chi connectivity index (χ0n) is 14.5. The first-order valence-corrected chi connectivity index (χ1v) is 8.39. The second kappa shape index (κ2) is 7.56. The first-order valence-electron chi connectivity index (χ1n) is 8.01. The maximum Gasteiger partial charge on any atom is 0.435 e. The number of alkyl halides is 6. The number of nitrogens with zero attached hydrogens (tertiary/aromatic N) is 2. The second-order valence-electron chi connectivity index (χ2n) is 5.99. The molecule has 0 spiro atoms. The smallest absolute Gasteiger partial charge is 0.435 e. The normalized spacial score (nSPS) is 12.1. The molecule has 1 aromatic heterocycles. The van der Waals surface area contributed by atoms with Gasteiger partial charge < -0.3 is 10.4 Å². The van der Waals surface area contributed by atoms with Gasteiger partial charge in [0.15, 0.2) is 5.69 Å². The van der Waals surface area contributed by atoms with Crippen LogP contribution in [0.5, 0.6) is 5.75 Å². The maximum atomic E-state index is 13.2. The highest BCUT2D eigenvalue weighted by Crippen LogP contribution is 2.36. The topological polar surface area (TPSA) is 67.2 Å². The SMILES string of the molecule is O=C(Nc1cccc(-n2nc(C(F)(F)F)cc2C(F)(F)F)c1)c1cc(Cl)ccc1O. The molecule has 12 heteroatoms. The summed E-state index contributed by atoms with van der Waals surface area (Å²) in [7, 11) is 0. The van der Waals surface area contributed by atoms with Crippen molar-refractivity contribution < 1.29 is 36.2 Å². The van der Waals surface area contributed by atoms with Gasteiger partial charge in [-0.05, 0) is 36.4 Å². The molecule has 0 radical (unpaired) electrons. The van der Waals surface area contributed by atoms with E-state index in [4.69, 9.17) is 11.6 Å². The van der Waals surface area contributed by atoms with Crippen molar-refractivity contribution in [3.8, 4) is 11.4 Å². The second-order valence-corrected chi connectivity index (χ2v) is 6.42. The van der Waals surface area contributed by atoms with Gasteiger partial charge >= 0.3 is 12.4 Å². The van der Waals surface area contributed by atoms with Crippen LogP contribution in [0.1, 0.15) is 21.7 Å². The van der Waals surface area contributed by atoms with E-state index in [1.807, 2.05) is 0 Å². The molecule has 1 amide bonds. The molecule has 2 aromatic carbocycles. The molecular formula is C18H10ClF6N3O2. The summed E-state index contributed by atoms with van der Waals surface area (Å²) in [5.41, 5.74) is -3.97. The van der Waals surface area contributed by atoms with E-state index in [0.29, 0.717) is 0 Å². The van der Waals surface area contributed by atoms with Gasteiger partial charge in [-0.2, -0.15) is 31.4 Å². The van der Waals surface area contributed by atoms with E-state index in [1.165, 1.54) is 30.3 Å². The van der Waals surface area contributed by atoms with Crippen molar-refractivity contribution in [3.63, 3.8) is 0 Å². The highest BCUT2D eigenvalue weighted by Gasteiger charge is 2.42. The zero-order valence-corrected chi connectivity index (χ0v) is 15.3. The Labute approximate surface area is 169 Å². The van der Waals surface area contributed by atoms with Crippen LogP contribution in [-0.4, -0.2) is 20.8 Å². The van der Waals surface area contributed by atoms with Gasteiger partial charge in [0.1, 0.15) is 11.4 Å². The predicted octanol–water partition coefficient (Wildman–Crippen LogP) is 5.52. The van der Waals surface area contributed by atoms with E-state index in [-0.39, 0.29) is 32.7 Å². The van der Waals surface area contributed by atoms with E-state index in [9.17, 15) is 36.2 Å². The van der Waals surface area contributed by atoms with Crippen LogP contribution in [-0.2, 0) is 12.4 Å². The van der Waals surface area contributed by atoms with Crippen LogP contribution < -0.4 is 5.32 Å². The Morgan fingerprint density at radius 3 is 2.33 bits per heavy atom. The van der Waals surface area contributed by atoms with Gasteiger partial charge in [-0.3, -0.25) is 4.79 Å². The van der Waals surface area contributed by atoms with Gasteiger partial charge in [0.25, 0.3) is 5.91 Å². The molecular weight excluding hydrogens is 440 g/mol. The molecule has 0 atom stereocenters. The number of phenols is 1. The number of benzene rings is 2. The number of halogens is 7. The molecule has 2 N–H and O–H groups in total. The molecule has 0 saturated carbocycles. The average molecular weight is 450 g/mol. The van der Waals surface area contributed by atoms with Crippen LogP contribution in [0.15, 0.2) is 48.5 Å². The molecule has 0 bridgehead atoms. The van der Waals surface area contributed by atoms with Crippen molar-refractivity contribution in [2.45, 2.75) is 12.4 Å². The van der Waals surface area contributed by atoms with Gasteiger partial charge in [-0.25, -0.2) is 4.68 Å². The molecule has 158 valence electrons. The minimum atomic E-state index is -5.11. The maximum absolute atomic E-state index is 13.2. The fraction of sp³-hybridized carbons (Fsp3) is 0.111. The van der Waals surface area contributed by atoms with Crippen LogP contribution >= 0.6 is 11.6 Å². The fourth-order valence-corrected chi connectivity index (χ4v) is 2.69. The number of aromatic nitrogens is 2. The summed E-state index contributed by atoms with van der Waals surface area (Å²) < 4.78 is 78.3. The Morgan fingerprint density at radius 1 is 1.00 bits per heavy atom. The summed E-state index contributed by atoms with van der Waals surface area (Å²) in [6, 6.07) is 8.18. The minimum absolute atomic E-state index is 0.0472. The molecule has 3 aromatic rings. The van der Waals surface area contributed by atoms with Crippen LogP contribution in [0.25, 0.3) is 5.69 Å². The lowest BCUT2D eigenvalue weighted by molar-refractivity contribution is -0.143. The molecule has 0 aliphatic rings. The van der Waals surface area contributed by atoms with E-state index >= 15 is 0 Å². The number of carbonyl (C=O) groups excluding carboxylic acids is 1. The number of carbonyl (C=O) groups is 1. The largest absolute Gasteiger partial charge is 0.507 e. The Bertz CT molecular complexity index is 1110. The average Bonchev–Trinajstić information content (AvgIpc) is 3.10. The van der Waals surface area contributed by atoms with Gasteiger partial charge in [0, 0.05) is 16.8 Å². The molecule has 0 fully saturated rings. The van der Waals surface area contributed by atoms with E-state index in [0.717, 1.165) is 12.1 Å². The molecule has 0 saturated heterocycles. The van der Waals surface area contributed by atoms with Gasteiger partial charge in [-0.15, -0.1) is 0 Å². The van der Waals surface area contributed by atoms with Gasteiger partial charge in [0.2, 0.25) is 0 Å². The Balaban J connectivity index is 1.99. The zero-order chi connectivity index (χ0) is 22.3. The number of rotatable bonds is 3. The summed E-state index contributed by atoms with van der Waals surface area (Å²) in [4.78, 5) is 12.3. The van der Waals surface area contributed by atoms with Crippen LogP contribution in [0.4, 0.5) is 32.0 Å². The summed E-state index contributed by atoms with van der Waals surface area (Å²) >= 11 is 5.77. The molecule has 30 heavy (non-hydrogen) atoms. The highest BCUT2D eigenvalue weighted by atomic mass is 35.5.